The van der Waals surface area contributed by atoms with Crippen LogP contribution < -0.4 is 0 Å². The van der Waals surface area contributed by atoms with Crippen LogP contribution in [0.5, 0.6) is 0 Å². The van der Waals surface area contributed by atoms with Crippen LogP contribution in [0.15, 0.2) is 0 Å². The fraction of sp³-hybridized carbons (Fsp3) is 0.944. The van der Waals surface area contributed by atoms with Crippen molar-refractivity contribution >= 4 is 6.03 Å². The van der Waals surface area contributed by atoms with Gasteiger partial charge in [0, 0.05) is 44.7 Å². The molecule has 0 spiro atoms. The van der Waals surface area contributed by atoms with Gasteiger partial charge in [-0.05, 0) is 46.2 Å². The summed E-state index contributed by atoms with van der Waals surface area (Å²) in [4.78, 5) is 19.0. The number of hydrogen-bond donors (Lipinski definition) is 0. The van der Waals surface area contributed by atoms with E-state index in [1.165, 1.54) is 0 Å². The molecule has 0 aromatic rings. The molecule has 2 atom stereocenters. The molecule has 0 N–H and O–H groups in total. The Hall–Kier alpha value is -0.850. The lowest BCUT2D eigenvalue weighted by Gasteiger charge is -2.50. The Morgan fingerprint density at radius 1 is 1.21 bits per heavy atom. The number of likely N-dealkylation sites (tertiary alicyclic amines) is 2. The zero-order chi connectivity index (χ0) is 17.0. The number of urea groups is 1. The third-order valence-corrected chi connectivity index (χ3v) is 5.71. The molecule has 0 aliphatic carbocycles. The van der Waals surface area contributed by atoms with E-state index in [9.17, 15) is 4.79 Å². The quantitative estimate of drug-likeness (QED) is 0.715. The molecule has 138 valence electrons. The van der Waals surface area contributed by atoms with Crippen molar-refractivity contribution in [1.29, 1.82) is 0 Å². The maximum Gasteiger partial charge on any atom is 0.320 e. The first-order chi connectivity index (χ1) is 11.6. The lowest BCUT2D eigenvalue weighted by Crippen LogP contribution is -2.59. The average Bonchev–Trinajstić information content (AvgIpc) is 3.12. The molecule has 2 amide bonds. The van der Waals surface area contributed by atoms with E-state index < -0.39 is 0 Å². The van der Waals surface area contributed by atoms with Gasteiger partial charge in [-0.3, -0.25) is 0 Å². The first-order valence-corrected chi connectivity index (χ1v) is 9.49. The van der Waals surface area contributed by atoms with Crippen LogP contribution in [0, 0.1) is 5.41 Å². The molecule has 6 nitrogen and oxygen atoms in total. The average molecular weight is 339 g/mol. The van der Waals surface area contributed by atoms with Crippen LogP contribution in [0.1, 0.15) is 32.1 Å². The van der Waals surface area contributed by atoms with Gasteiger partial charge in [-0.25, -0.2) is 4.79 Å². The molecule has 0 saturated carbocycles. The summed E-state index contributed by atoms with van der Waals surface area (Å²) >= 11 is 0. The molecule has 3 saturated heterocycles. The van der Waals surface area contributed by atoms with E-state index in [2.05, 4.69) is 23.9 Å². The monoisotopic (exact) mass is 339 g/mol. The lowest BCUT2D eigenvalue weighted by atomic mass is 9.73. The summed E-state index contributed by atoms with van der Waals surface area (Å²) in [5.41, 5.74) is -0.0157. The molecule has 24 heavy (non-hydrogen) atoms. The van der Waals surface area contributed by atoms with E-state index in [0.717, 1.165) is 78.0 Å². The number of carbonyl (C=O) groups is 1. The largest absolute Gasteiger partial charge is 0.379 e. The number of likely N-dealkylation sites (N-methyl/N-ethyl adjacent to an activating group) is 1. The molecule has 3 fully saturated rings. The predicted molar refractivity (Wildman–Crippen MR) is 93.2 cm³/mol. The van der Waals surface area contributed by atoms with Crippen molar-refractivity contribution < 1.29 is 14.3 Å². The van der Waals surface area contributed by atoms with Crippen LogP contribution >= 0.6 is 0 Å². The summed E-state index contributed by atoms with van der Waals surface area (Å²) < 4.78 is 12.1. The molecule has 0 aromatic heterocycles. The van der Waals surface area contributed by atoms with Crippen molar-refractivity contribution in [3.05, 3.63) is 0 Å². The molecule has 0 aromatic carbocycles. The second kappa shape index (κ2) is 8.02. The highest BCUT2D eigenvalue weighted by Gasteiger charge is 2.47. The molecule has 0 unspecified atom stereocenters. The number of hydrogen-bond acceptors (Lipinski definition) is 4. The fourth-order valence-corrected chi connectivity index (χ4v) is 4.30. The third-order valence-electron chi connectivity index (χ3n) is 5.71. The van der Waals surface area contributed by atoms with E-state index in [0.29, 0.717) is 6.61 Å². The minimum absolute atomic E-state index is 0.0157. The van der Waals surface area contributed by atoms with Crippen molar-refractivity contribution in [3.63, 3.8) is 0 Å². The first kappa shape index (κ1) is 18.0. The van der Waals surface area contributed by atoms with Crippen molar-refractivity contribution in [1.82, 2.24) is 14.7 Å². The molecule has 0 radical (unpaired) electrons. The van der Waals surface area contributed by atoms with E-state index >= 15 is 0 Å². The van der Waals surface area contributed by atoms with Crippen molar-refractivity contribution in [3.8, 4) is 0 Å². The normalized spacial score (nSPS) is 30.7. The van der Waals surface area contributed by atoms with Crippen LogP contribution in [-0.4, -0.2) is 93.5 Å². The van der Waals surface area contributed by atoms with Gasteiger partial charge in [0.1, 0.15) is 0 Å². The minimum Gasteiger partial charge on any atom is -0.379 e. The number of rotatable bonds is 5. The highest BCUT2D eigenvalue weighted by Crippen LogP contribution is 2.40. The SMILES string of the molecule is CN(C)CCOC[C@]12CCCO[C@@H]1CCN(C(=O)N1CCCC1)C2. The number of carbonyl (C=O) groups excluding carboxylic acids is 1. The van der Waals surface area contributed by atoms with Crippen LogP contribution in [0.2, 0.25) is 0 Å². The molecular formula is C18H33N3O3. The summed E-state index contributed by atoms with van der Waals surface area (Å²) in [7, 11) is 4.12. The number of piperidine rings is 1. The highest BCUT2D eigenvalue weighted by atomic mass is 16.5. The van der Waals surface area contributed by atoms with Crippen LogP contribution in [0.4, 0.5) is 4.79 Å². The molecule has 3 heterocycles. The summed E-state index contributed by atoms with van der Waals surface area (Å²) in [6, 6.07) is 0.226. The summed E-state index contributed by atoms with van der Waals surface area (Å²) in [6.45, 7) is 6.66. The molecule has 6 heteroatoms. The van der Waals surface area contributed by atoms with Gasteiger partial charge in [0.05, 0.1) is 19.3 Å². The van der Waals surface area contributed by atoms with Gasteiger partial charge in [0.25, 0.3) is 0 Å². The molecule has 3 aliphatic rings. The topological polar surface area (TPSA) is 45.3 Å². The fourth-order valence-electron chi connectivity index (χ4n) is 4.30. The van der Waals surface area contributed by atoms with Crippen LogP contribution in [0.3, 0.4) is 0 Å². The van der Waals surface area contributed by atoms with Gasteiger partial charge in [0.15, 0.2) is 0 Å². The van der Waals surface area contributed by atoms with E-state index in [1.54, 1.807) is 0 Å². The zero-order valence-electron chi connectivity index (χ0n) is 15.3. The van der Waals surface area contributed by atoms with E-state index in [1.807, 2.05) is 4.90 Å². The van der Waals surface area contributed by atoms with Gasteiger partial charge < -0.3 is 24.2 Å². The standard InChI is InChI=1S/C18H33N3O3/c1-19(2)11-13-23-15-18-7-5-12-24-16(18)6-10-21(14-18)17(22)20-8-3-4-9-20/h16H,3-15H2,1-2H3/t16-,18-/m1/s1. The smallest absolute Gasteiger partial charge is 0.320 e. The maximum absolute atomic E-state index is 12.8. The first-order valence-electron chi connectivity index (χ1n) is 9.49. The Morgan fingerprint density at radius 2 is 2.00 bits per heavy atom. The van der Waals surface area contributed by atoms with E-state index in [-0.39, 0.29) is 17.6 Å². The Bertz CT molecular complexity index is 426. The molecule has 0 bridgehead atoms. The van der Waals surface area contributed by atoms with Crippen molar-refractivity contribution in [2.45, 2.75) is 38.2 Å². The van der Waals surface area contributed by atoms with Gasteiger partial charge in [0.2, 0.25) is 0 Å². The molecular weight excluding hydrogens is 306 g/mol. The van der Waals surface area contributed by atoms with Gasteiger partial charge >= 0.3 is 6.03 Å². The van der Waals surface area contributed by atoms with Gasteiger partial charge in [-0.2, -0.15) is 0 Å². The summed E-state index contributed by atoms with van der Waals surface area (Å²) in [6.07, 6.45) is 5.64. The molecule has 3 rings (SSSR count). The second-order valence-electron chi connectivity index (χ2n) is 7.87. The van der Waals surface area contributed by atoms with E-state index in [4.69, 9.17) is 9.47 Å². The minimum atomic E-state index is -0.0157. The number of nitrogens with zero attached hydrogens (tertiary/aromatic N) is 3. The number of ether oxygens (including phenoxy) is 2. The van der Waals surface area contributed by atoms with Crippen LogP contribution in [0.25, 0.3) is 0 Å². The number of fused-ring (bicyclic) bond motifs is 1. The van der Waals surface area contributed by atoms with Crippen molar-refractivity contribution in [2.24, 2.45) is 5.41 Å². The van der Waals surface area contributed by atoms with Gasteiger partial charge in [-0.1, -0.05) is 0 Å². The van der Waals surface area contributed by atoms with Crippen molar-refractivity contribution in [2.75, 3.05) is 66.6 Å². The van der Waals surface area contributed by atoms with Gasteiger partial charge in [-0.15, -0.1) is 0 Å². The van der Waals surface area contributed by atoms with Crippen LogP contribution in [-0.2, 0) is 9.47 Å². The Labute approximate surface area is 146 Å². The number of amides is 2. The summed E-state index contributed by atoms with van der Waals surface area (Å²) in [5, 5.41) is 0. The second-order valence-corrected chi connectivity index (χ2v) is 7.87. The molecule has 3 aliphatic heterocycles. The maximum atomic E-state index is 12.8. The zero-order valence-corrected chi connectivity index (χ0v) is 15.3. The predicted octanol–water partition coefficient (Wildman–Crippen LogP) is 1.65. The Morgan fingerprint density at radius 3 is 2.75 bits per heavy atom. The lowest BCUT2D eigenvalue weighted by molar-refractivity contribution is -0.147. The highest BCUT2D eigenvalue weighted by molar-refractivity contribution is 5.75. The summed E-state index contributed by atoms with van der Waals surface area (Å²) in [5.74, 6) is 0. The third kappa shape index (κ3) is 4.03. The Kier molecular flexibility index (Phi) is 6.00. The Balaban J connectivity index is 1.61.